The molecule has 0 aromatic rings. The van der Waals surface area contributed by atoms with Crippen molar-refractivity contribution in [3.05, 3.63) is 0 Å². The average Bonchev–Trinajstić information content (AvgIpc) is 2.52. The molecule has 0 amide bonds. The largest absolute Gasteiger partial charge is 0.389 e. The summed E-state index contributed by atoms with van der Waals surface area (Å²) in [6.07, 6.45) is 0.837. The number of ketones is 1. The Morgan fingerprint density at radius 3 is 2.23 bits per heavy atom. The zero-order valence-corrected chi connectivity index (χ0v) is 8.29. The summed E-state index contributed by atoms with van der Waals surface area (Å²) < 4.78 is 0. The molecular weight excluding hydrogens is 168 g/mol. The summed E-state index contributed by atoms with van der Waals surface area (Å²) in [7, 11) is 0. The lowest BCUT2D eigenvalue weighted by molar-refractivity contribution is -0.131. The first kappa shape index (κ1) is 9.16. The molecule has 0 heterocycles. The summed E-state index contributed by atoms with van der Waals surface area (Å²) in [4.78, 5) is 11.7. The van der Waals surface area contributed by atoms with Crippen molar-refractivity contribution in [2.75, 3.05) is 0 Å². The number of hydrogen-bond acceptors (Lipinski definition) is 3. The van der Waals surface area contributed by atoms with E-state index in [0.717, 1.165) is 0 Å². The summed E-state index contributed by atoms with van der Waals surface area (Å²) in [5.41, 5.74) is -2.52. The molecule has 2 aliphatic rings. The molecule has 0 aromatic heterocycles. The van der Waals surface area contributed by atoms with Crippen molar-refractivity contribution in [3.8, 4) is 0 Å². The van der Waals surface area contributed by atoms with Crippen LogP contribution in [-0.2, 0) is 4.79 Å². The molecule has 0 unspecified atom stereocenters. The maximum Gasteiger partial charge on any atom is 0.145 e. The average molecular weight is 184 g/mol. The molecule has 2 aliphatic carbocycles. The lowest BCUT2D eigenvalue weighted by Crippen LogP contribution is -2.37. The van der Waals surface area contributed by atoms with Gasteiger partial charge < -0.3 is 10.2 Å². The van der Waals surface area contributed by atoms with E-state index in [4.69, 9.17) is 0 Å². The minimum atomic E-state index is -0.991. The van der Waals surface area contributed by atoms with Gasteiger partial charge in [-0.3, -0.25) is 4.79 Å². The minimum absolute atomic E-state index is 0.0231. The molecule has 2 saturated carbocycles. The summed E-state index contributed by atoms with van der Waals surface area (Å²) >= 11 is 0. The molecule has 3 atom stereocenters. The van der Waals surface area contributed by atoms with E-state index in [2.05, 4.69) is 0 Å². The third kappa shape index (κ3) is 0.891. The predicted octanol–water partition coefficient (Wildman–Crippen LogP) is 0.487. The van der Waals surface area contributed by atoms with Crippen LogP contribution in [0.4, 0.5) is 0 Å². The Balaban J connectivity index is 2.37. The number of carbonyl (C=O) groups excluding carboxylic acids is 1. The van der Waals surface area contributed by atoms with Crippen LogP contribution in [0.15, 0.2) is 0 Å². The number of fused-ring (bicyclic) bond motifs is 1. The van der Waals surface area contributed by atoms with Crippen LogP contribution in [0.3, 0.4) is 0 Å². The molecule has 2 fully saturated rings. The SMILES string of the molecule is CC(C)(O)[C@]12C[C@H]1[C@@](C)(O)CC2=O. The maximum atomic E-state index is 11.7. The molecule has 0 aromatic carbocycles. The van der Waals surface area contributed by atoms with Crippen LogP contribution >= 0.6 is 0 Å². The van der Waals surface area contributed by atoms with Gasteiger partial charge in [-0.25, -0.2) is 0 Å². The van der Waals surface area contributed by atoms with Crippen molar-refractivity contribution in [2.24, 2.45) is 11.3 Å². The molecule has 13 heavy (non-hydrogen) atoms. The Kier molecular flexibility index (Phi) is 1.40. The van der Waals surface area contributed by atoms with Crippen molar-refractivity contribution in [1.29, 1.82) is 0 Å². The minimum Gasteiger partial charge on any atom is -0.389 e. The molecule has 3 nitrogen and oxygen atoms in total. The smallest absolute Gasteiger partial charge is 0.145 e. The summed E-state index contributed by atoms with van der Waals surface area (Å²) in [6, 6.07) is 0. The van der Waals surface area contributed by atoms with Crippen molar-refractivity contribution in [3.63, 3.8) is 0 Å². The van der Waals surface area contributed by atoms with Crippen LogP contribution in [0.25, 0.3) is 0 Å². The van der Waals surface area contributed by atoms with Gasteiger partial charge in [-0.2, -0.15) is 0 Å². The highest BCUT2D eigenvalue weighted by atomic mass is 16.3. The number of hydrogen-bond donors (Lipinski definition) is 2. The quantitative estimate of drug-likeness (QED) is 0.623. The Bertz CT molecular complexity index is 274. The van der Waals surface area contributed by atoms with E-state index < -0.39 is 16.6 Å². The molecule has 74 valence electrons. The van der Waals surface area contributed by atoms with Gasteiger partial charge in [0.15, 0.2) is 0 Å². The predicted molar refractivity (Wildman–Crippen MR) is 47.1 cm³/mol. The monoisotopic (exact) mass is 184 g/mol. The van der Waals surface area contributed by atoms with E-state index in [1.54, 1.807) is 20.8 Å². The first-order valence-electron chi connectivity index (χ1n) is 4.70. The van der Waals surface area contributed by atoms with Gasteiger partial charge in [-0.15, -0.1) is 0 Å². The van der Waals surface area contributed by atoms with Gasteiger partial charge >= 0.3 is 0 Å². The molecule has 0 saturated heterocycles. The van der Waals surface area contributed by atoms with E-state index in [1.807, 2.05) is 0 Å². The highest BCUT2D eigenvalue weighted by molar-refractivity contribution is 5.93. The van der Waals surface area contributed by atoms with Crippen molar-refractivity contribution >= 4 is 5.78 Å². The Labute approximate surface area is 77.8 Å². The fourth-order valence-electron chi connectivity index (χ4n) is 2.95. The van der Waals surface area contributed by atoms with Crippen molar-refractivity contribution < 1.29 is 15.0 Å². The summed E-state index contributed by atoms with van der Waals surface area (Å²) in [6.45, 7) is 5.01. The molecule has 0 radical (unpaired) electrons. The number of rotatable bonds is 1. The number of carbonyl (C=O) groups is 1. The van der Waals surface area contributed by atoms with Crippen LogP contribution in [0.1, 0.15) is 33.6 Å². The Morgan fingerprint density at radius 1 is 1.54 bits per heavy atom. The first-order chi connectivity index (χ1) is 5.72. The zero-order chi connectivity index (χ0) is 10.1. The molecule has 0 spiro atoms. The Morgan fingerprint density at radius 2 is 2.08 bits per heavy atom. The van der Waals surface area contributed by atoms with Crippen LogP contribution in [0.5, 0.6) is 0 Å². The van der Waals surface area contributed by atoms with Gasteiger partial charge in [0.2, 0.25) is 0 Å². The van der Waals surface area contributed by atoms with Gasteiger partial charge in [-0.1, -0.05) is 0 Å². The first-order valence-corrected chi connectivity index (χ1v) is 4.70. The van der Waals surface area contributed by atoms with Gasteiger partial charge in [-0.05, 0) is 27.2 Å². The van der Waals surface area contributed by atoms with Crippen molar-refractivity contribution in [1.82, 2.24) is 0 Å². The van der Waals surface area contributed by atoms with Gasteiger partial charge in [0, 0.05) is 12.3 Å². The standard InChI is InChI=1S/C10H16O3/c1-8(2,12)10-4-6(10)9(3,13)5-7(10)11/h6,12-13H,4-5H2,1-3H3/t6-,9-,10+/m0/s1. The van der Waals surface area contributed by atoms with Crippen LogP contribution in [-0.4, -0.2) is 27.2 Å². The van der Waals surface area contributed by atoms with Crippen LogP contribution in [0, 0.1) is 11.3 Å². The summed E-state index contributed by atoms with van der Waals surface area (Å²) in [5, 5.41) is 19.8. The molecule has 3 heteroatoms. The topological polar surface area (TPSA) is 57.5 Å². The fourth-order valence-corrected chi connectivity index (χ4v) is 2.95. The van der Waals surface area contributed by atoms with E-state index >= 15 is 0 Å². The van der Waals surface area contributed by atoms with E-state index in [9.17, 15) is 15.0 Å². The molecule has 2 N–H and O–H groups in total. The van der Waals surface area contributed by atoms with Gasteiger partial charge in [0.1, 0.15) is 5.78 Å². The molecule has 0 bridgehead atoms. The zero-order valence-electron chi connectivity index (χ0n) is 8.29. The van der Waals surface area contributed by atoms with E-state index in [0.29, 0.717) is 6.42 Å². The van der Waals surface area contributed by atoms with Gasteiger partial charge in [0.05, 0.1) is 16.6 Å². The third-order valence-corrected chi connectivity index (χ3v) is 3.82. The van der Waals surface area contributed by atoms with Crippen LogP contribution < -0.4 is 0 Å². The lowest BCUT2D eigenvalue weighted by Gasteiger charge is -2.26. The normalized spacial score (nSPS) is 49.3. The Hall–Kier alpha value is -0.410. The summed E-state index contributed by atoms with van der Waals surface area (Å²) in [5.74, 6) is -0.0116. The van der Waals surface area contributed by atoms with Gasteiger partial charge in [0.25, 0.3) is 0 Å². The van der Waals surface area contributed by atoms with Crippen molar-refractivity contribution in [2.45, 2.75) is 44.8 Å². The second-order valence-corrected chi connectivity index (χ2v) is 5.24. The molecule has 0 aliphatic heterocycles. The molecular formula is C10H16O3. The van der Waals surface area contributed by atoms with E-state index in [1.165, 1.54) is 0 Å². The fraction of sp³-hybridized carbons (Fsp3) is 0.900. The number of Topliss-reactive ketones (excluding diaryl/α,β-unsaturated/α-hetero) is 1. The molecule has 2 rings (SSSR count). The van der Waals surface area contributed by atoms with Crippen LogP contribution in [0.2, 0.25) is 0 Å². The number of aliphatic hydroxyl groups is 2. The third-order valence-electron chi connectivity index (χ3n) is 3.82. The lowest BCUT2D eigenvalue weighted by atomic mass is 9.84. The highest BCUT2D eigenvalue weighted by Crippen LogP contribution is 2.69. The highest BCUT2D eigenvalue weighted by Gasteiger charge is 2.76. The second kappa shape index (κ2) is 1.98. The second-order valence-electron chi connectivity index (χ2n) is 5.24. The maximum absolute atomic E-state index is 11.7. The van der Waals surface area contributed by atoms with E-state index in [-0.39, 0.29) is 18.1 Å².